The highest BCUT2D eigenvalue weighted by Crippen LogP contribution is 2.15. The zero-order chi connectivity index (χ0) is 12.9. The highest BCUT2D eigenvalue weighted by Gasteiger charge is 2.16. The van der Waals surface area contributed by atoms with Crippen molar-refractivity contribution in [3.63, 3.8) is 0 Å². The van der Waals surface area contributed by atoms with Crippen LogP contribution < -0.4 is 5.32 Å². The molecule has 1 aromatic carbocycles. The van der Waals surface area contributed by atoms with Gasteiger partial charge in [-0.25, -0.2) is 4.39 Å². The molecule has 0 bridgehead atoms. The summed E-state index contributed by atoms with van der Waals surface area (Å²) in [5.41, 5.74) is 0.334. The first-order valence-electron chi connectivity index (χ1n) is 5.70. The number of aliphatic hydroxyl groups is 2. The van der Waals surface area contributed by atoms with E-state index in [4.69, 9.17) is 5.11 Å². The minimum Gasteiger partial charge on any atom is -0.396 e. The van der Waals surface area contributed by atoms with Crippen molar-refractivity contribution in [2.75, 3.05) is 19.7 Å². The lowest BCUT2D eigenvalue weighted by atomic mass is 9.95. The molecule has 1 atom stereocenters. The lowest BCUT2D eigenvalue weighted by molar-refractivity contribution is 0.138. The molecule has 96 valence electrons. The van der Waals surface area contributed by atoms with Crippen LogP contribution in [-0.2, 0) is 0 Å². The normalized spacial score (nSPS) is 13.7. The minimum absolute atomic E-state index is 0.0794. The predicted molar refractivity (Wildman–Crippen MR) is 65.1 cm³/mol. The van der Waals surface area contributed by atoms with Crippen molar-refractivity contribution >= 4 is 0 Å². The van der Waals surface area contributed by atoms with Crippen molar-refractivity contribution in [3.05, 3.63) is 35.6 Å². The second-order valence-electron chi connectivity index (χ2n) is 5.02. The highest BCUT2D eigenvalue weighted by atomic mass is 19.1. The third kappa shape index (κ3) is 4.81. The summed E-state index contributed by atoms with van der Waals surface area (Å²) in [5.74, 6) is -0.350. The number of hydrogen-bond acceptors (Lipinski definition) is 3. The molecule has 1 aromatic rings. The van der Waals surface area contributed by atoms with E-state index in [0.29, 0.717) is 18.7 Å². The molecule has 17 heavy (non-hydrogen) atoms. The van der Waals surface area contributed by atoms with Crippen LogP contribution >= 0.6 is 0 Å². The van der Waals surface area contributed by atoms with Gasteiger partial charge in [0.2, 0.25) is 0 Å². The largest absolute Gasteiger partial charge is 0.396 e. The van der Waals surface area contributed by atoms with Crippen molar-refractivity contribution in [2.45, 2.75) is 20.0 Å². The molecule has 0 fully saturated rings. The van der Waals surface area contributed by atoms with Crippen LogP contribution in [0.2, 0.25) is 0 Å². The van der Waals surface area contributed by atoms with Gasteiger partial charge in [-0.15, -0.1) is 0 Å². The molecule has 1 unspecified atom stereocenters. The van der Waals surface area contributed by atoms with Crippen LogP contribution in [-0.4, -0.2) is 29.9 Å². The van der Waals surface area contributed by atoms with Gasteiger partial charge in [-0.3, -0.25) is 0 Å². The van der Waals surface area contributed by atoms with E-state index < -0.39 is 6.10 Å². The van der Waals surface area contributed by atoms with Crippen molar-refractivity contribution in [1.29, 1.82) is 0 Å². The zero-order valence-corrected chi connectivity index (χ0v) is 10.3. The summed E-state index contributed by atoms with van der Waals surface area (Å²) < 4.78 is 12.9. The van der Waals surface area contributed by atoms with Crippen molar-refractivity contribution in [1.82, 2.24) is 5.32 Å². The van der Waals surface area contributed by atoms with E-state index in [9.17, 15) is 9.50 Å². The van der Waals surface area contributed by atoms with Gasteiger partial charge in [-0.1, -0.05) is 26.0 Å². The van der Waals surface area contributed by atoms with E-state index in [1.54, 1.807) is 12.1 Å². The van der Waals surface area contributed by atoms with Crippen LogP contribution in [0.3, 0.4) is 0 Å². The molecule has 0 aliphatic heterocycles. The van der Waals surface area contributed by atoms with E-state index in [1.165, 1.54) is 12.1 Å². The fourth-order valence-corrected chi connectivity index (χ4v) is 1.43. The van der Waals surface area contributed by atoms with Crippen LogP contribution in [0.25, 0.3) is 0 Å². The Labute approximate surface area is 101 Å². The van der Waals surface area contributed by atoms with E-state index >= 15 is 0 Å². The number of hydrogen-bond donors (Lipinski definition) is 3. The van der Waals surface area contributed by atoms with Crippen molar-refractivity contribution < 1.29 is 14.6 Å². The molecule has 0 radical (unpaired) electrons. The standard InChI is InChI=1S/C13H20FNO2/c1-13(2,9-16)8-15-7-12(17)10-4-3-5-11(14)6-10/h3-6,12,15-17H,7-9H2,1-2H3. The molecule has 0 aromatic heterocycles. The average Bonchev–Trinajstić information content (AvgIpc) is 2.28. The SMILES string of the molecule is CC(C)(CO)CNCC(O)c1cccc(F)c1. The van der Waals surface area contributed by atoms with Gasteiger partial charge in [-0.2, -0.15) is 0 Å². The average molecular weight is 241 g/mol. The van der Waals surface area contributed by atoms with Crippen LogP contribution in [0.5, 0.6) is 0 Å². The number of rotatable bonds is 6. The molecule has 0 aliphatic carbocycles. The van der Waals surface area contributed by atoms with Gasteiger partial charge in [0.15, 0.2) is 0 Å². The summed E-state index contributed by atoms with van der Waals surface area (Å²) in [6.07, 6.45) is -0.736. The smallest absolute Gasteiger partial charge is 0.123 e. The maximum Gasteiger partial charge on any atom is 0.123 e. The van der Waals surface area contributed by atoms with Crippen LogP contribution in [0.1, 0.15) is 25.5 Å². The molecule has 0 saturated heterocycles. The lowest BCUT2D eigenvalue weighted by Crippen LogP contribution is -2.34. The number of aliphatic hydroxyl groups excluding tert-OH is 2. The van der Waals surface area contributed by atoms with Crippen LogP contribution in [0, 0.1) is 11.2 Å². The molecule has 0 heterocycles. The molecule has 3 N–H and O–H groups in total. The van der Waals surface area contributed by atoms with Gasteiger partial charge in [0.25, 0.3) is 0 Å². The van der Waals surface area contributed by atoms with Gasteiger partial charge in [0.05, 0.1) is 6.10 Å². The van der Waals surface area contributed by atoms with Crippen LogP contribution in [0.4, 0.5) is 4.39 Å². The van der Waals surface area contributed by atoms with E-state index in [0.717, 1.165) is 0 Å². The molecule has 0 spiro atoms. The fraction of sp³-hybridized carbons (Fsp3) is 0.538. The Morgan fingerprint density at radius 2 is 2.12 bits per heavy atom. The van der Waals surface area contributed by atoms with Gasteiger partial charge >= 0.3 is 0 Å². The summed E-state index contributed by atoms with van der Waals surface area (Å²) >= 11 is 0. The lowest BCUT2D eigenvalue weighted by Gasteiger charge is -2.23. The van der Waals surface area contributed by atoms with E-state index in [2.05, 4.69) is 5.32 Å². The Morgan fingerprint density at radius 1 is 1.41 bits per heavy atom. The number of benzene rings is 1. The highest BCUT2D eigenvalue weighted by molar-refractivity contribution is 5.18. The predicted octanol–water partition coefficient (Wildman–Crippen LogP) is 1.47. The Hall–Kier alpha value is -0.970. The molecule has 0 aliphatic rings. The summed E-state index contributed by atoms with van der Waals surface area (Å²) in [7, 11) is 0. The molecule has 3 nitrogen and oxygen atoms in total. The van der Waals surface area contributed by atoms with E-state index in [1.807, 2.05) is 13.8 Å². The Kier molecular flexibility index (Phi) is 5.05. The van der Waals surface area contributed by atoms with Crippen LogP contribution in [0.15, 0.2) is 24.3 Å². The molecular weight excluding hydrogens is 221 g/mol. The Balaban J connectivity index is 2.42. The van der Waals surface area contributed by atoms with Crippen molar-refractivity contribution in [3.8, 4) is 0 Å². The maximum absolute atomic E-state index is 12.9. The fourth-order valence-electron chi connectivity index (χ4n) is 1.43. The first-order valence-corrected chi connectivity index (χ1v) is 5.70. The summed E-state index contributed by atoms with van der Waals surface area (Å²) in [6, 6.07) is 5.93. The molecule has 4 heteroatoms. The third-order valence-electron chi connectivity index (χ3n) is 2.60. The van der Waals surface area contributed by atoms with Gasteiger partial charge in [-0.05, 0) is 17.7 Å². The first kappa shape index (κ1) is 14.1. The molecule has 0 saturated carbocycles. The summed E-state index contributed by atoms with van der Waals surface area (Å²) in [6.45, 7) is 4.86. The van der Waals surface area contributed by atoms with Gasteiger partial charge < -0.3 is 15.5 Å². The Morgan fingerprint density at radius 3 is 2.71 bits per heavy atom. The molecule has 0 amide bonds. The van der Waals surface area contributed by atoms with Gasteiger partial charge in [0.1, 0.15) is 5.82 Å². The summed E-state index contributed by atoms with van der Waals surface area (Å²) in [4.78, 5) is 0. The summed E-state index contributed by atoms with van der Waals surface area (Å²) in [5, 5.41) is 21.9. The maximum atomic E-state index is 12.9. The minimum atomic E-state index is -0.736. The van der Waals surface area contributed by atoms with E-state index in [-0.39, 0.29) is 17.8 Å². The topological polar surface area (TPSA) is 52.5 Å². The number of halogens is 1. The first-order chi connectivity index (χ1) is 7.94. The monoisotopic (exact) mass is 241 g/mol. The second kappa shape index (κ2) is 6.10. The number of nitrogens with one attached hydrogen (secondary N) is 1. The Bertz CT molecular complexity index is 355. The quantitative estimate of drug-likeness (QED) is 0.707. The van der Waals surface area contributed by atoms with Gasteiger partial charge in [0, 0.05) is 25.1 Å². The molecular formula is C13H20FNO2. The third-order valence-corrected chi connectivity index (χ3v) is 2.60. The second-order valence-corrected chi connectivity index (χ2v) is 5.02. The molecule has 1 rings (SSSR count). The van der Waals surface area contributed by atoms with Crippen molar-refractivity contribution in [2.24, 2.45) is 5.41 Å². The zero-order valence-electron chi connectivity index (χ0n) is 10.3.